The van der Waals surface area contributed by atoms with Crippen molar-refractivity contribution in [3.05, 3.63) is 76.9 Å². The van der Waals surface area contributed by atoms with E-state index in [9.17, 15) is 9.90 Å². The number of carbonyl (C=O) groups is 1. The highest BCUT2D eigenvalue weighted by molar-refractivity contribution is 14.1. The maximum absolute atomic E-state index is 12.6. The lowest BCUT2D eigenvalue weighted by Gasteiger charge is -2.10. The van der Waals surface area contributed by atoms with Gasteiger partial charge in [0.1, 0.15) is 11.5 Å². The Kier molecular flexibility index (Phi) is 7.08. The van der Waals surface area contributed by atoms with Gasteiger partial charge in [-0.2, -0.15) is 0 Å². The number of esters is 1. The number of hydrogen-bond donors (Lipinski definition) is 1. The van der Waals surface area contributed by atoms with Crippen LogP contribution in [0.5, 0.6) is 11.5 Å². The van der Waals surface area contributed by atoms with Crippen LogP contribution in [0.4, 0.5) is 0 Å². The first-order valence-corrected chi connectivity index (χ1v) is 11.4. The Morgan fingerprint density at radius 3 is 1.96 bits per heavy atom. The molecule has 0 aromatic heterocycles. The molecule has 26 heavy (non-hydrogen) atoms. The van der Waals surface area contributed by atoms with Crippen molar-refractivity contribution in [1.29, 1.82) is 0 Å². The van der Waals surface area contributed by atoms with Crippen LogP contribution in [0.25, 0.3) is 0 Å². The number of benzene rings is 3. The molecule has 3 aromatic carbocycles. The molecule has 0 bridgehead atoms. The molecule has 0 aliphatic heterocycles. The lowest BCUT2D eigenvalue weighted by atomic mass is 10.2. The zero-order valence-electron chi connectivity index (χ0n) is 13.1. The molecule has 0 amide bonds. The number of phenols is 1. The van der Waals surface area contributed by atoms with Crippen molar-refractivity contribution in [2.75, 3.05) is 0 Å². The van der Waals surface area contributed by atoms with Crippen LogP contribution < -0.4 is 4.74 Å². The molecule has 7 heteroatoms. The van der Waals surface area contributed by atoms with E-state index in [1.807, 2.05) is 36.4 Å². The minimum absolute atomic E-state index is 0.247. The molecule has 132 valence electrons. The highest BCUT2D eigenvalue weighted by Crippen LogP contribution is 2.31. The van der Waals surface area contributed by atoms with Crippen LogP contribution >= 0.6 is 79.5 Å². The SMILES string of the molecule is O=C(Oc1ccc(Sc2ccc(O)cc2)cc1)c1c(I)ccc(I)c1I. The smallest absolute Gasteiger partial charge is 0.345 e. The van der Waals surface area contributed by atoms with Crippen LogP contribution in [0.3, 0.4) is 0 Å². The summed E-state index contributed by atoms with van der Waals surface area (Å²) >= 11 is 8.11. The van der Waals surface area contributed by atoms with E-state index in [2.05, 4.69) is 67.8 Å². The Morgan fingerprint density at radius 1 is 0.808 bits per heavy atom. The van der Waals surface area contributed by atoms with Gasteiger partial charge in [0.15, 0.2) is 0 Å². The van der Waals surface area contributed by atoms with Crippen molar-refractivity contribution >= 4 is 85.5 Å². The first-order valence-electron chi connectivity index (χ1n) is 7.36. The van der Waals surface area contributed by atoms with E-state index in [1.54, 1.807) is 36.0 Å². The second kappa shape index (κ2) is 9.11. The van der Waals surface area contributed by atoms with E-state index in [0.29, 0.717) is 11.3 Å². The molecule has 0 unspecified atom stereocenters. The summed E-state index contributed by atoms with van der Waals surface area (Å²) in [6.45, 7) is 0. The van der Waals surface area contributed by atoms with E-state index in [0.717, 1.165) is 20.5 Å². The summed E-state index contributed by atoms with van der Waals surface area (Å²) in [7, 11) is 0. The van der Waals surface area contributed by atoms with Gasteiger partial charge in [-0.05, 0) is 128 Å². The van der Waals surface area contributed by atoms with Crippen molar-refractivity contribution in [2.24, 2.45) is 0 Å². The third kappa shape index (κ3) is 5.04. The second-order valence-electron chi connectivity index (χ2n) is 5.18. The number of hydrogen-bond acceptors (Lipinski definition) is 4. The summed E-state index contributed by atoms with van der Waals surface area (Å²) in [6, 6.07) is 18.3. The number of aromatic hydroxyl groups is 1. The summed E-state index contributed by atoms with van der Waals surface area (Å²) in [6.07, 6.45) is 0. The zero-order valence-corrected chi connectivity index (χ0v) is 20.4. The van der Waals surface area contributed by atoms with Crippen molar-refractivity contribution in [1.82, 2.24) is 0 Å². The Labute approximate surface area is 196 Å². The number of phenolic OH excluding ortho intramolecular Hbond substituents is 1. The van der Waals surface area contributed by atoms with Crippen molar-refractivity contribution < 1.29 is 14.6 Å². The maximum atomic E-state index is 12.6. The highest BCUT2D eigenvalue weighted by atomic mass is 127. The summed E-state index contributed by atoms with van der Waals surface area (Å²) < 4.78 is 8.34. The largest absolute Gasteiger partial charge is 0.508 e. The summed E-state index contributed by atoms with van der Waals surface area (Å²) in [5.41, 5.74) is 0.598. The summed E-state index contributed by atoms with van der Waals surface area (Å²) in [5.74, 6) is 0.406. The van der Waals surface area contributed by atoms with E-state index >= 15 is 0 Å². The van der Waals surface area contributed by atoms with Gasteiger partial charge in [0.05, 0.1) is 5.56 Å². The van der Waals surface area contributed by atoms with Crippen LogP contribution in [0.2, 0.25) is 0 Å². The van der Waals surface area contributed by atoms with Gasteiger partial charge in [0, 0.05) is 20.5 Å². The van der Waals surface area contributed by atoms with Gasteiger partial charge in [-0.1, -0.05) is 11.8 Å². The monoisotopic (exact) mass is 700 g/mol. The first kappa shape index (κ1) is 20.2. The van der Waals surface area contributed by atoms with Gasteiger partial charge >= 0.3 is 5.97 Å². The first-order chi connectivity index (χ1) is 12.4. The standard InChI is InChI=1S/C19H11I3O3S/c20-15-9-10-16(21)18(22)17(15)19(24)25-12-3-7-14(8-4-12)26-13-5-1-11(23)2-6-13/h1-10,23H. The molecule has 0 saturated carbocycles. The number of halogens is 3. The van der Waals surface area contributed by atoms with Gasteiger partial charge < -0.3 is 9.84 Å². The van der Waals surface area contributed by atoms with Gasteiger partial charge in [-0.25, -0.2) is 4.79 Å². The molecule has 3 aromatic rings. The fourth-order valence-electron chi connectivity index (χ4n) is 2.10. The second-order valence-corrected chi connectivity index (χ2v) is 9.73. The molecular formula is C19H11I3O3S. The molecule has 0 fully saturated rings. The average Bonchev–Trinajstić information content (AvgIpc) is 2.62. The van der Waals surface area contributed by atoms with Crippen molar-refractivity contribution in [3.8, 4) is 11.5 Å². The fraction of sp³-hybridized carbons (Fsp3) is 0. The molecule has 0 radical (unpaired) electrons. The van der Waals surface area contributed by atoms with Crippen LogP contribution in [0.15, 0.2) is 70.5 Å². The third-order valence-corrected chi connectivity index (χ3v) is 8.32. The minimum Gasteiger partial charge on any atom is -0.508 e. The van der Waals surface area contributed by atoms with Crippen LogP contribution in [0.1, 0.15) is 10.4 Å². The van der Waals surface area contributed by atoms with E-state index < -0.39 is 0 Å². The quantitative estimate of drug-likeness (QED) is 0.145. The summed E-state index contributed by atoms with van der Waals surface area (Å²) in [4.78, 5) is 14.6. The van der Waals surface area contributed by atoms with Gasteiger partial charge in [-0.15, -0.1) is 0 Å². The Balaban J connectivity index is 1.72. The topological polar surface area (TPSA) is 46.5 Å². The van der Waals surface area contributed by atoms with Crippen LogP contribution in [-0.2, 0) is 0 Å². The number of ether oxygens (including phenoxy) is 1. The number of carbonyl (C=O) groups excluding carboxylic acids is 1. The number of rotatable bonds is 4. The normalized spacial score (nSPS) is 10.6. The maximum Gasteiger partial charge on any atom is 0.345 e. The molecule has 0 aliphatic carbocycles. The Bertz CT molecular complexity index is 941. The van der Waals surface area contributed by atoms with Gasteiger partial charge in [0.2, 0.25) is 0 Å². The van der Waals surface area contributed by atoms with Crippen LogP contribution in [-0.4, -0.2) is 11.1 Å². The van der Waals surface area contributed by atoms with Crippen molar-refractivity contribution in [3.63, 3.8) is 0 Å². The Morgan fingerprint density at radius 2 is 1.35 bits per heavy atom. The van der Waals surface area contributed by atoms with Gasteiger partial charge in [-0.3, -0.25) is 0 Å². The predicted octanol–water partition coefficient (Wildman–Crippen LogP) is 6.58. The molecule has 0 saturated heterocycles. The van der Waals surface area contributed by atoms with Gasteiger partial charge in [0.25, 0.3) is 0 Å². The molecule has 0 aliphatic rings. The molecule has 0 heterocycles. The van der Waals surface area contributed by atoms with Crippen LogP contribution in [0, 0.1) is 10.7 Å². The molecule has 0 atom stereocenters. The van der Waals surface area contributed by atoms with E-state index in [1.165, 1.54) is 0 Å². The third-order valence-electron chi connectivity index (χ3n) is 3.35. The van der Waals surface area contributed by atoms with E-state index in [4.69, 9.17) is 4.74 Å². The van der Waals surface area contributed by atoms with E-state index in [-0.39, 0.29) is 11.7 Å². The highest BCUT2D eigenvalue weighted by Gasteiger charge is 2.18. The molecular weight excluding hydrogens is 689 g/mol. The molecule has 0 spiro atoms. The lowest BCUT2D eigenvalue weighted by Crippen LogP contribution is -2.13. The predicted molar refractivity (Wildman–Crippen MR) is 128 cm³/mol. The zero-order chi connectivity index (χ0) is 18.7. The minimum atomic E-state index is -0.351. The Hall–Kier alpha value is -0.530. The molecule has 1 N–H and O–H groups in total. The fourth-order valence-corrected chi connectivity index (χ4v) is 5.24. The lowest BCUT2D eigenvalue weighted by molar-refractivity contribution is 0.0732. The average molecular weight is 700 g/mol. The molecule has 3 nitrogen and oxygen atoms in total. The molecule has 3 rings (SSSR count). The van der Waals surface area contributed by atoms with Crippen molar-refractivity contribution in [2.45, 2.75) is 9.79 Å². The summed E-state index contributed by atoms with van der Waals surface area (Å²) in [5, 5.41) is 9.33.